The molecule has 0 N–H and O–H groups in total. The molecule has 0 heterocycles. The van der Waals surface area contributed by atoms with Crippen molar-refractivity contribution in [1.82, 2.24) is 0 Å². The Morgan fingerprint density at radius 2 is 0.662 bits per heavy atom. The predicted molar refractivity (Wildman–Crippen MR) is 297 cm³/mol. The van der Waals surface area contributed by atoms with Gasteiger partial charge >= 0.3 is 11.9 Å². The summed E-state index contributed by atoms with van der Waals surface area (Å²) in [6.07, 6.45) is 76.3. The number of hydrogen-bond donors (Lipinski definition) is 0. The molecule has 0 aliphatic heterocycles. The maximum atomic E-state index is 12.9. The van der Waals surface area contributed by atoms with E-state index in [1.54, 1.807) is 0 Å². The van der Waals surface area contributed by atoms with Gasteiger partial charge < -0.3 is 14.2 Å². The number of rotatable bonds is 54. The molecule has 394 valence electrons. The molecule has 5 nitrogen and oxygen atoms in total. The molecule has 0 aromatic rings. The molecule has 0 fully saturated rings. The summed E-state index contributed by atoms with van der Waals surface area (Å²) < 4.78 is 17.5. The second-order valence-corrected chi connectivity index (χ2v) is 19.5. The van der Waals surface area contributed by atoms with Crippen LogP contribution < -0.4 is 0 Å². The van der Waals surface area contributed by atoms with Gasteiger partial charge in [0.1, 0.15) is 6.61 Å². The van der Waals surface area contributed by atoms with Gasteiger partial charge in [-0.2, -0.15) is 0 Å². The van der Waals surface area contributed by atoms with Gasteiger partial charge in [-0.05, 0) is 89.9 Å². The zero-order valence-electron chi connectivity index (χ0n) is 45.4. The second-order valence-electron chi connectivity index (χ2n) is 19.5. The van der Waals surface area contributed by atoms with Gasteiger partial charge in [-0.1, -0.05) is 261 Å². The fourth-order valence-electron chi connectivity index (χ4n) is 8.36. The highest BCUT2D eigenvalue weighted by atomic mass is 16.6. The first kappa shape index (κ1) is 65.3. The van der Waals surface area contributed by atoms with Crippen LogP contribution in [0.25, 0.3) is 0 Å². The Balaban J connectivity index is 4.29. The van der Waals surface area contributed by atoms with E-state index >= 15 is 0 Å². The van der Waals surface area contributed by atoms with Crippen molar-refractivity contribution in [3.05, 3.63) is 72.9 Å². The normalized spacial score (nSPS) is 12.7. The minimum absolute atomic E-state index is 0.0761. The second kappa shape index (κ2) is 58.7. The Labute approximate surface area is 423 Å². The molecule has 1 unspecified atom stereocenters. The molecule has 0 radical (unpaired) electrons. The van der Waals surface area contributed by atoms with Crippen molar-refractivity contribution in [2.45, 2.75) is 297 Å². The standard InChI is InChI=1S/C63H112O5/c1-4-7-10-13-16-19-22-25-28-30-32-33-36-38-41-44-47-50-53-56-62(64)67-60-61(68-63(65)57-54-51-48-45-42-39-35-27-24-21-18-15-12-9-6-3)59-66-58-55-52-49-46-43-40-37-34-31-29-26-23-20-17-14-11-8-5-2/h7,10,16-17,19-20,25-26,28-29,32-33,61H,4-6,8-9,11-15,18,21-24,27,30-31,34-60H2,1-3H3/b10-7-,19-16-,20-17-,28-25-,29-26-,33-32-. The number of unbranched alkanes of at least 4 members (excludes halogenated alkanes) is 31. The predicted octanol–water partition coefficient (Wildman–Crippen LogP) is 20.2. The topological polar surface area (TPSA) is 61.8 Å². The average molecular weight is 950 g/mol. The molecule has 5 heteroatoms. The molecule has 1 atom stereocenters. The number of hydrogen-bond acceptors (Lipinski definition) is 5. The van der Waals surface area contributed by atoms with Gasteiger partial charge in [-0.3, -0.25) is 9.59 Å². The van der Waals surface area contributed by atoms with Crippen LogP contribution in [0.15, 0.2) is 72.9 Å². The van der Waals surface area contributed by atoms with Crippen LogP contribution in [0.4, 0.5) is 0 Å². The average Bonchev–Trinajstić information content (AvgIpc) is 3.34. The van der Waals surface area contributed by atoms with Crippen LogP contribution in [0.5, 0.6) is 0 Å². The lowest BCUT2D eigenvalue weighted by atomic mass is 10.0. The van der Waals surface area contributed by atoms with Gasteiger partial charge in [0.15, 0.2) is 6.10 Å². The molecule has 68 heavy (non-hydrogen) atoms. The van der Waals surface area contributed by atoms with Crippen LogP contribution in [0, 0.1) is 0 Å². The minimum atomic E-state index is -0.546. The first-order valence-corrected chi connectivity index (χ1v) is 29.5. The summed E-state index contributed by atoms with van der Waals surface area (Å²) >= 11 is 0. The van der Waals surface area contributed by atoms with Crippen molar-refractivity contribution in [2.75, 3.05) is 19.8 Å². The molecule has 0 amide bonds. The fourth-order valence-corrected chi connectivity index (χ4v) is 8.36. The summed E-state index contributed by atoms with van der Waals surface area (Å²) in [5, 5.41) is 0. The highest BCUT2D eigenvalue weighted by Gasteiger charge is 2.17. The lowest BCUT2D eigenvalue weighted by Crippen LogP contribution is -2.30. The van der Waals surface area contributed by atoms with Crippen LogP contribution in [0.2, 0.25) is 0 Å². The maximum Gasteiger partial charge on any atom is 0.306 e. The van der Waals surface area contributed by atoms with Crippen LogP contribution in [0.1, 0.15) is 290 Å². The van der Waals surface area contributed by atoms with E-state index in [1.807, 2.05) is 0 Å². The molecule has 0 spiro atoms. The van der Waals surface area contributed by atoms with E-state index in [4.69, 9.17) is 14.2 Å². The van der Waals surface area contributed by atoms with E-state index in [-0.39, 0.29) is 25.2 Å². The number of allylic oxidation sites excluding steroid dienone is 12. The third-order valence-electron chi connectivity index (χ3n) is 12.7. The fraction of sp³-hybridized carbons (Fsp3) is 0.778. The van der Waals surface area contributed by atoms with Gasteiger partial charge in [-0.25, -0.2) is 0 Å². The van der Waals surface area contributed by atoms with Crippen molar-refractivity contribution < 1.29 is 23.8 Å². The van der Waals surface area contributed by atoms with E-state index in [1.165, 1.54) is 173 Å². The van der Waals surface area contributed by atoms with E-state index in [9.17, 15) is 9.59 Å². The van der Waals surface area contributed by atoms with Crippen molar-refractivity contribution in [2.24, 2.45) is 0 Å². The van der Waals surface area contributed by atoms with E-state index in [0.717, 1.165) is 83.5 Å². The number of ether oxygens (including phenoxy) is 3. The van der Waals surface area contributed by atoms with Crippen molar-refractivity contribution in [1.29, 1.82) is 0 Å². The first-order valence-electron chi connectivity index (χ1n) is 29.5. The van der Waals surface area contributed by atoms with Crippen molar-refractivity contribution in [3.63, 3.8) is 0 Å². The largest absolute Gasteiger partial charge is 0.462 e. The zero-order valence-corrected chi connectivity index (χ0v) is 45.4. The minimum Gasteiger partial charge on any atom is -0.462 e. The third-order valence-corrected chi connectivity index (χ3v) is 12.7. The van der Waals surface area contributed by atoms with Gasteiger partial charge in [0.25, 0.3) is 0 Å². The highest BCUT2D eigenvalue weighted by molar-refractivity contribution is 5.70. The van der Waals surface area contributed by atoms with Crippen LogP contribution >= 0.6 is 0 Å². The van der Waals surface area contributed by atoms with Crippen molar-refractivity contribution in [3.8, 4) is 0 Å². The molecular weight excluding hydrogens is 837 g/mol. The van der Waals surface area contributed by atoms with E-state index in [2.05, 4.69) is 93.7 Å². The molecule has 0 aromatic heterocycles. The molecular formula is C63H112O5. The molecule has 0 rings (SSSR count). The zero-order chi connectivity index (χ0) is 49.2. The Bertz CT molecular complexity index is 1210. The molecule has 0 bridgehead atoms. The summed E-state index contributed by atoms with van der Waals surface area (Å²) in [5.74, 6) is -0.405. The summed E-state index contributed by atoms with van der Waals surface area (Å²) in [6.45, 7) is 7.70. The summed E-state index contributed by atoms with van der Waals surface area (Å²) in [4.78, 5) is 25.5. The SMILES string of the molecule is CC/C=C\C/C=C\C/C=C\C/C=C\CCCCCCCCC(=O)OCC(COCCCCCCCCCC/C=C\C/C=C\CCCCC)OC(=O)CCCCCCCCCCCCCCCCC. The van der Waals surface area contributed by atoms with Crippen molar-refractivity contribution >= 4 is 11.9 Å². The lowest BCUT2D eigenvalue weighted by Gasteiger charge is -2.18. The van der Waals surface area contributed by atoms with Crippen LogP contribution in [-0.4, -0.2) is 37.9 Å². The molecule has 0 aromatic carbocycles. The number of carbonyl (C=O) groups is 2. The van der Waals surface area contributed by atoms with Gasteiger partial charge in [-0.15, -0.1) is 0 Å². The molecule has 0 saturated heterocycles. The molecule has 0 aliphatic rings. The summed E-state index contributed by atoms with van der Waals surface area (Å²) in [5.41, 5.74) is 0. The Morgan fingerprint density at radius 3 is 1.09 bits per heavy atom. The van der Waals surface area contributed by atoms with Gasteiger partial charge in [0, 0.05) is 19.4 Å². The number of esters is 2. The van der Waals surface area contributed by atoms with Crippen LogP contribution in [-0.2, 0) is 23.8 Å². The molecule has 0 aliphatic carbocycles. The Kier molecular flexibility index (Phi) is 56.4. The van der Waals surface area contributed by atoms with E-state index < -0.39 is 6.10 Å². The third kappa shape index (κ3) is 55.9. The monoisotopic (exact) mass is 949 g/mol. The maximum absolute atomic E-state index is 12.9. The molecule has 0 saturated carbocycles. The first-order chi connectivity index (χ1) is 33.6. The summed E-state index contributed by atoms with van der Waals surface area (Å²) in [6, 6.07) is 0. The smallest absolute Gasteiger partial charge is 0.306 e. The van der Waals surface area contributed by atoms with Crippen LogP contribution in [0.3, 0.4) is 0 Å². The highest BCUT2D eigenvalue weighted by Crippen LogP contribution is 2.16. The van der Waals surface area contributed by atoms with E-state index in [0.29, 0.717) is 19.4 Å². The quantitative estimate of drug-likeness (QED) is 0.0345. The number of carbonyl (C=O) groups excluding carboxylic acids is 2. The lowest BCUT2D eigenvalue weighted by molar-refractivity contribution is -0.163. The Hall–Kier alpha value is -2.66. The van der Waals surface area contributed by atoms with Gasteiger partial charge in [0.05, 0.1) is 6.61 Å². The van der Waals surface area contributed by atoms with Gasteiger partial charge in [0.2, 0.25) is 0 Å². The summed E-state index contributed by atoms with van der Waals surface area (Å²) in [7, 11) is 0. The Morgan fingerprint density at radius 1 is 0.338 bits per heavy atom.